The van der Waals surface area contributed by atoms with Gasteiger partial charge in [-0.3, -0.25) is 9.79 Å². The Morgan fingerprint density at radius 3 is 2.67 bits per heavy atom. The fourth-order valence-corrected chi connectivity index (χ4v) is 2.52. The minimum Gasteiger partial charge on any atom is -0.382 e. The van der Waals surface area contributed by atoms with Crippen molar-refractivity contribution in [2.24, 2.45) is 4.99 Å². The molecule has 1 aromatic rings. The molecular formula is C15H28IN5O2S. The normalized spacial score (nSPS) is 10.9. The van der Waals surface area contributed by atoms with Crippen LogP contribution in [0.5, 0.6) is 0 Å². The van der Waals surface area contributed by atoms with Crippen LogP contribution in [0, 0.1) is 6.92 Å². The highest BCUT2D eigenvalue weighted by Gasteiger charge is 2.10. The van der Waals surface area contributed by atoms with Crippen LogP contribution < -0.4 is 16.0 Å². The number of aliphatic imine (C=N–C) groups is 1. The Balaban J connectivity index is 0.00000529. The molecule has 0 aliphatic rings. The van der Waals surface area contributed by atoms with E-state index in [1.54, 1.807) is 5.51 Å². The van der Waals surface area contributed by atoms with Gasteiger partial charge in [0.2, 0.25) is 0 Å². The van der Waals surface area contributed by atoms with E-state index in [9.17, 15) is 4.79 Å². The Labute approximate surface area is 165 Å². The fourth-order valence-electron chi connectivity index (χ4n) is 1.80. The van der Waals surface area contributed by atoms with Gasteiger partial charge >= 0.3 is 0 Å². The van der Waals surface area contributed by atoms with Gasteiger partial charge in [-0.2, -0.15) is 0 Å². The number of halogens is 1. The number of aryl methyl sites for hydroxylation is 1. The molecule has 9 heteroatoms. The van der Waals surface area contributed by atoms with Crippen molar-refractivity contribution in [3.8, 4) is 0 Å². The van der Waals surface area contributed by atoms with Crippen LogP contribution in [0.1, 0.15) is 35.6 Å². The van der Waals surface area contributed by atoms with Crippen LogP contribution in [-0.2, 0) is 4.74 Å². The predicted molar refractivity (Wildman–Crippen MR) is 110 cm³/mol. The molecule has 0 aliphatic carbocycles. The van der Waals surface area contributed by atoms with Gasteiger partial charge in [-0.1, -0.05) is 0 Å². The lowest BCUT2D eigenvalue weighted by Crippen LogP contribution is -2.41. The lowest BCUT2D eigenvalue weighted by atomic mass is 10.4. The topological polar surface area (TPSA) is 87.6 Å². The average Bonchev–Trinajstić information content (AvgIpc) is 2.97. The van der Waals surface area contributed by atoms with E-state index in [1.807, 2.05) is 20.8 Å². The second-order valence-electron chi connectivity index (χ2n) is 4.76. The third-order valence-electron chi connectivity index (χ3n) is 2.92. The third kappa shape index (κ3) is 9.38. The molecule has 1 amide bonds. The van der Waals surface area contributed by atoms with Gasteiger partial charge in [0.1, 0.15) is 4.88 Å². The number of ether oxygens (including phenoxy) is 1. The number of carbonyl (C=O) groups is 1. The van der Waals surface area contributed by atoms with Gasteiger partial charge in [0, 0.05) is 39.4 Å². The van der Waals surface area contributed by atoms with E-state index in [1.165, 1.54) is 11.3 Å². The van der Waals surface area contributed by atoms with Crippen molar-refractivity contribution in [3.63, 3.8) is 0 Å². The number of amides is 1. The summed E-state index contributed by atoms with van der Waals surface area (Å²) < 4.78 is 5.28. The maximum absolute atomic E-state index is 11.9. The first-order chi connectivity index (χ1) is 11.2. The monoisotopic (exact) mass is 469 g/mol. The molecule has 0 atom stereocenters. The molecule has 138 valence electrons. The Morgan fingerprint density at radius 1 is 1.29 bits per heavy atom. The number of thiazole rings is 1. The molecule has 24 heavy (non-hydrogen) atoms. The number of rotatable bonds is 10. The van der Waals surface area contributed by atoms with Crippen LogP contribution in [0.15, 0.2) is 10.5 Å². The summed E-state index contributed by atoms with van der Waals surface area (Å²) in [5, 5.41) is 9.25. The lowest BCUT2D eigenvalue weighted by molar-refractivity contribution is 0.0957. The SMILES string of the molecule is CCNC(=NCCCOCC)NCCNC(=O)c1scnc1C.I. The smallest absolute Gasteiger partial charge is 0.263 e. The van der Waals surface area contributed by atoms with E-state index < -0.39 is 0 Å². The van der Waals surface area contributed by atoms with E-state index >= 15 is 0 Å². The molecule has 7 nitrogen and oxygen atoms in total. The fraction of sp³-hybridized carbons (Fsp3) is 0.667. The van der Waals surface area contributed by atoms with Gasteiger partial charge in [0.05, 0.1) is 11.2 Å². The van der Waals surface area contributed by atoms with Gasteiger partial charge in [-0.15, -0.1) is 35.3 Å². The van der Waals surface area contributed by atoms with Crippen molar-refractivity contribution in [3.05, 3.63) is 16.1 Å². The number of nitrogens with zero attached hydrogens (tertiary/aromatic N) is 2. The molecule has 0 saturated carbocycles. The maximum atomic E-state index is 11.9. The van der Waals surface area contributed by atoms with Gasteiger partial charge in [0.15, 0.2) is 5.96 Å². The van der Waals surface area contributed by atoms with Gasteiger partial charge in [-0.25, -0.2) is 4.98 Å². The number of guanidine groups is 1. The molecule has 0 aromatic carbocycles. The molecule has 0 aliphatic heterocycles. The summed E-state index contributed by atoms with van der Waals surface area (Å²) in [7, 11) is 0. The lowest BCUT2D eigenvalue weighted by Gasteiger charge is -2.11. The van der Waals surface area contributed by atoms with Crippen molar-refractivity contribution in [1.82, 2.24) is 20.9 Å². The third-order valence-corrected chi connectivity index (χ3v) is 3.85. The van der Waals surface area contributed by atoms with Crippen molar-refractivity contribution >= 4 is 47.2 Å². The molecule has 3 N–H and O–H groups in total. The molecule has 0 unspecified atom stereocenters. The molecular weight excluding hydrogens is 441 g/mol. The highest BCUT2D eigenvalue weighted by Crippen LogP contribution is 2.10. The minimum absolute atomic E-state index is 0. The average molecular weight is 469 g/mol. The summed E-state index contributed by atoms with van der Waals surface area (Å²) in [6.07, 6.45) is 0.895. The zero-order valence-corrected chi connectivity index (χ0v) is 17.7. The summed E-state index contributed by atoms with van der Waals surface area (Å²) in [5.41, 5.74) is 2.45. The number of aromatic nitrogens is 1. The number of nitrogens with one attached hydrogen (secondary N) is 3. The Bertz CT molecular complexity index is 496. The van der Waals surface area contributed by atoms with E-state index in [-0.39, 0.29) is 29.9 Å². The van der Waals surface area contributed by atoms with E-state index in [2.05, 4.69) is 25.9 Å². The molecule has 0 fully saturated rings. The summed E-state index contributed by atoms with van der Waals surface area (Å²) in [6, 6.07) is 0. The highest BCUT2D eigenvalue weighted by atomic mass is 127. The van der Waals surface area contributed by atoms with Crippen molar-refractivity contribution in [2.75, 3.05) is 39.4 Å². The summed E-state index contributed by atoms with van der Waals surface area (Å²) >= 11 is 1.36. The van der Waals surface area contributed by atoms with Crippen LogP contribution in [0.4, 0.5) is 0 Å². The molecule has 0 bridgehead atoms. The second kappa shape index (κ2) is 14.4. The standard InChI is InChI=1S/C15H27N5O2S.HI/c1-4-16-15(18-7-6-10-22-5-2)19-9-8-17-14(21)13-12(3)20-11-23-13;/h11H,4-10H2,1-3H3,(H,17,21)(H2,16,18,19);1H. The first-order valence-corrected chi connectivity index (χ1v) is 8.85. The van der Waals surface area contributed by atoms with E-state index in [0.717, 1.165) is 37.8 Å². The van der Waals surface area contributed by atoms with Crippen LogP contribution in [0.2, 0.25) is 0 Å². The Morgan fingerprint density at radius 2 is 2.04 bits per heavy atom. The zero-order chi connectivity index (χ0) is 16.9. The van der Waals surface area contributed by atoms with Crippen LogP contribution in [0.25, 0.3) is 0 Å². The van der Waals surface area contributed by atoms with Gasteiger partial charge in [0.25, 0.3) is 5.91 Å². The van der Waals surface area contributed by atoms with Crippen LogP contribution in [-0.4, -0.2) is 56.2 Å². The summed E-state index contributed by atoms with van der Waals surface area (Å²) in [4.78, 5) is 21.1. The largest absolute Gasteiger partial charge is 0.382 e. The number of hydrogen-bond acceptors (Lipinski definition) is 5. The van der Waals surface area contributed by atoms with Gasteiger partial charge in [-0.05, 0) is 27.2 Å². The Hall–Kier alpha value is -0.940. The molecule has 1 rings (SSSR count). The van der Waals surface area contributed by atoms with Crippen molar-refractivity contribution in [1.29, 1.82) is 0 Å². The molecule has 0 radical (unpaired) electrons. The first-order valence-electron chi connectivity index (χ1n) is 7.97. The van der Waals surface area contributed by atoms with Crippen molar-refractivity contribution in [2.45, 2.75) is 27.2 Å². The molecule has 0 spiro atoms. The Kier molecular flexibility index (Phi) is 13.8. The number of carbonyl (C=O) groups excluding carboxylic acids is 1. The summed E-state index contributed by atoms with van der Waals surface area (Å²) in [5.74, 6) is 0.678. The van der Waals surface area contributed by atoms with Gasteiger partial charge < -0.3 is 20.7 Å². The highest BCUT2D eigenvalue weighted by molar-refractivity contribution is 14.0. The second-order valence-corrected chi connectivity index (χ2v) is 5.62. The molecule has 1 aromatic heterocycles. The molecule has 0 saturated heterocycles. The first kappa shape index (κ1) is 23.1. The van der Waals surface area contributed by atoms with E-state index in [4.69, 9.17) is 4.74 Å². The zero-order valence-electron chi connectivity index (χ0n) is 14.6. The van der Waals surface area contributed by atoms with Crippen LogP contribution >= 0.6 is 35.3 Å². The van der Waals surface area contributed by atoms with E-state index in [0.29, 0.717) is 24.5 Å². The predicted octanol–water partition coefficient (Wildman–Crippen LogP) is 1.78. The van der Waals surface area contributed by atoms with Crippen LogP contribution in [0.3, 0.4) is 0 Å². The quantitative estimate of drug-likeness (QED) is 0.211. The maximum Gasteiger partial charge on any atom is 0.263 e. The summed E-state index contributed by atoms with van der Waals surface area (Å²) in [6.45, 7) is 9.95. The molecule has 1 heterocycles. The van der Waals surface area contributed by atoms with Crippen molar-refractivity contribution < 1.29 is 9.53 Å². The number of hydrogen-bond donors (Lipinski definition) is 3. The minimum atomic E-state index is -0.0783.